The fourth-order valence-electron chi connectivity index (χ4n) is 1.70. The first kappa shape index (κ1) is 12.9. The van der Waals surface area contributed by atoms with Gasteiger partial charge in [0.05, 0.1) is 6.54 Å². The molecule has 0 spiro atoms. The summed E-state index contributed by atoms with van der Waals surface area (Å²) in [5.74, 6) is 6.30. The van der Waals surface area contributed by atoms with Crippen molar-refractivity contribution in [1.82, 2.24) is 5.32 Å². The first-order valence-corrected chi connectivity index (χ1v) is 7.02. The van der Waals surface area contributed by atoms with Gasteiger partial charge in [0.1, 0.15) is 0 Å². The van der Waals surface area contributed by atoms with Crippen LogP contribution in [0.4, 0.5) is 0 Å². The summed E-state index contributed by atoms with van der Waals surface area (Å²) in [4.78, 5) is 1.42. The second-order valence-electron chi connectivity index (χ2n) is 4.23. The number of benzene rings is 1. The Kier molecular flexibility index (Phi) is 5.01. The van der Waals surface area contributed by atoms with Crippen LogP contribution in [0.25, 0.3) is 0 Å². The first-order chi connectivity index (χ1) is 8.84. The highest BCUT2D eigenvalue weighted by molar-refractivity contribution is 7.09. The molecule has 2 heteroatoms. The van der Waals surface area contributed by atoms with E-state index in [1.807, 2.05) is 41.7 Å². The molecule has 2 aromatic rings. The first-order valence-electron chi connectivity index (χ1n) is 6.14. The van der Waals surface area contributed by atoms with E-state index < -0.39 is 0 Å². The number of hydrogen-bond donors (Lipinski definition) is 1. The zero-order valence-corrected chi connectivity index (χ0v) is 11.3. The van der Waals surface area contributed by atoms with E-state index in [9.17, 15) is 0 Å². The molecule has 0 bridgehead atoms. The second-order valence-corrected chi connectivity index (χ2v) is 5.27. The van der Waals surface area contributed by atoms with Crippen LogP contribution in [0, 0.1) is 11.8 Å². The lowest BCUT2D eigenvalue weighted by molar-refractivity contribution is 0.589. The summed E-state index contributed by atoms with van der Waals surface area (Å²) in [6.45, 7) is 2.94. The maximum atomic E-state index is 3.42. The highest BCUT2D eigenvalue weighted by atomic mass is 32.1. The smallest absolute Gasteiger partial charge is 0.0582 e. The van der Waals surface area contributed by atoms with E-state index in [-0.39, 0.29) is 0 Å². The van der Waals surface area contributed by atoms with Crippen molar-refractivity contribution >= 4 is 11.3 Å². The summed E-state index contributed by atoms with van der Waals surface area (Å²) in [5, 5.41) is 5.55. The van der Waals surface area contributed by atoms with E-state index in [1.165, 1.54) is 4.88 Å². The van der Waals surface area contributed by atoms with Crippen LogP contribution < -0.4 is 5.32 Å². The van der Waals surface area contributed by atoms with E-state index >= 15 is 0 Å². The van der Waals surface area contributed by atoms with Crippen LogP contribution in [-0.2, 0) is 6.42 Å². The predicted molar refractivity (Wildman–Crippen MR) is 78.8 cm³/mol. The van der Waals surface area contributed by atoms with Crippen LogP contribution in [0.3, 0.4) is 0 Å². The second kappa shape index (κ2) is 7.00. The van der Waals surface area contributed by atoms with Gasteiger partial charge in [-0.25, -0.2) is 0 Å². The maximum Gasteiger partial charge on any atom is 0.0582 e. The molecule has 0 aliphatic heterocycles. The SMILES string of the molecule is CC(Cc1cccs1)NCC#Cc1ccccc1. The van der Waals surface area contributed by atoms with Crippen LogP contribution >= 0.6 is 11.3 Å². The topological polar surface area (TPSA) is 12.0 Å². The van der Waals surface area contributed by atoms with Gasteiger partial charge >= 0.3 is 0 Å². The Labute approximate surface area is 113 Å². The van der Waals surface area contributed by atoms with E-state index in [1.54, 1.807) is 0 Å². The minimum atomic E-state index is 0.466. The third kappa shape index (κ3) is 4.37. The normalized spacial score (nSPS) is 11.6. The van der Waals surface area contributed by atoms with Gasteiger partial charge in [-0.3, -0.25) is 0 Å². The fourth-order valence-corrected chi connectivity index (χ4v) is 2.53. The third-order valence-corrected chi connectivity index (χ3v) is 3.53. The molecule has 1 aromatic carbocycles. The van der Waals surface area contributed by atoms with E-state index in [0.29, 0.717) is 6.04 Å². The lowest BCUT2D eigenvalue weighted by Gasteiger charge is -2.09. The van der Waals surface area contributed by atoms with Crippen molar-refractivity contribution in [3.05, 3.63) is 58.3 Å². The molecule has 2 rings (SSSR count). The number of nitrogens with one attached hydrogen (secondary N) is 1. The molecule has 1 atom stereocenters. The van der Waals surface area contributed by atoms with Crippen LogP contribution in [0.2, 0.25) is 0 Å². The Balaban J connectivity index is 1.74. The molecule has 18 heavy (non-hydrogen) atoms. The highest BCUT2D eigenvalue weighted by Crippen LogP contribution is 2.10. The summed E-state index contributed by atoms with van der Waals surface area (Å²) in [6.07, 6.45) is 1.07. The summed E-state index contributed by atoms with van der Waals surface area (Å²) >= 11 is 1.81. The molecular weight excluding hydrogens is 238 g/mol. The molecule has 0 saturated carbocycles. The molecule has 0 aliphatic rings. The Bertz CT molecular complexity index is 505. The minimum Gasteiger partial charge on any atom is -0.303 e. The Morgan fingerprint density at radius 1 is 1.17 bits per heavy atom. The number of rotatable bonds is 4. The highest BCUT2D eigenvalue weighted by Gasteiger charge is 2.01. The summed E-state index contributed by atoms with van der Waals surface area (Å²) in [6, 6.07) is 14.8. The standard InChI is InChI=1S/C16H17NS/c1-14(13-16-10-6-12-18-16)17-11-5-9-15-7-3-2-4-8-15/h2-4,6-8,10,12,14,17H,11,13H2,1H3. The molecule has 0 amide bonds. The van der Waals surface area contributed by atoms with Crippen LogP contribution in [0.1, 0.15) is 17.4 Å². The van der Waals surface area contributed by atoms with E-state index in [4.69, 9.17) is 0 Å². The summed E-state index contributed by atoms with van der Waals surface area (Å²) in [7, 11) is 0. The molecule has 1 nitrogen and oxygen atoms in total. The zero-order valence-electron chi connectivity index (χ0n) is 10.5. The van der Waals surface area contributed by atoms with Crippen molar-refractivity contribution in [3.63, 3.8) is 0 Å². The molecule has 0 aliphatic carbocycles. The average Bonchev–Trinajstić information content (AvgIpc) is 2.89. The minimum absolute atomic E-state index is 0.466. The molecule has 0 fully saturated rings. The molecular formula is C16H17NS. The number of thiophene rings is 1. The Hall–Kier alpha value is -1.56. The van der Waals surface area contributed by atoms with Gasteiger partial charge in [-0.05, 0) is 36.9 Å². The van der Waals surface area contributed by atoms with Gasteiger partial charge in [0, 0.05) is 16.5 Å². The number of hydrogen-bond acceptors (Lipinski definition) is 2. The van der Waals surface area contributed by atoms with E-state index in [0.717, 1.165) is 18.5 Å². The monoisotopic (exact) mass is 255 g/mol. The van der Waals surface area contributed by atoms with Gasteiger partial charge < -0.3 is 5.32 Å². The molecule has 92 valence electrons. The molecule has 0 radical (unpaired) electrons. The van der Waals surface area contributed by atoms with Crippen LogP contribution in [0.15, 0.2) is 47.8 Å². The Morgan fingerprint density at radius 2 is 2.00 bits per heavy atom. The van der Waals surface area contributed by atoms with Crippen molar-refractivity contribution in [2.75, 3.05) is 6.54 Å². The fraction of sp³-hybridized carbons (Fsp3) is 0.250. The van der Waals surface area contributed by atoms with Crippen LogP contribution in [0.5, 0.6) is 0 Å². The van der Waals surface area contributed by atoms with Crippen molar-refractivity contribution in [3.8, 4) is 11.8 Å². The van der Waals surface area contributed by atoms with Gasteiger partial charge in [-0.2, -0.15) is 0 Å². The third-order valence-electron chi connectivity index (χ3n) is 2.63. The molecule has 1 heterocycles. The van der Waals surface area contributed by atoms with Crippen molar-refractivity contribution < 1.29 is 0 Å². The van der Waals surface area contributed by atoms with Gasteiger partial charge in [-0.15, -0.1) is 11.3 Å². The lowest BCUT2D eigenvalue weighted by atomic mass is 10.2. The molecule has 1 unspecified atom stereocenters. The maximum absolute atomic E-state index is 3.42. The zero-order chi connectivity index (χ0) is 12.6. The molecule has 0 saturated heterocycles. The van der Waals surface area contributed by atoms with E-state index in [2.05, 4.69) is 41.6 Å². The lowest BCUT2D eigenvalue weighted by Crippen LogP contribution is -2.28. The van der Waals surface area contributed by atoms with Gasteiger partial charge in [0.15, 0.2) is 0 Å². The predicted octanol–water partition coefficient (Wildman–Crippen LogP) is 3.32. The quantitative estimate of drug-likeness (QED) is 0.826. The van der Waals surface area contributed by atoms with Gasteiger partial charge in [-0.1, -0.05) is 36.1 Å². The average molecular weight is 255 g/mol. The molecule has 1 aromatic heterocycles. The van der Waals surface area contributed by atoms with Gasteiger partial charge in [0.2, 0.25) is 0 Å². The largest absolute Gasteiger partial charge is 0.303 e. The van der Waals surface area contributed by atoms with Gasteiger partial charge in [0.25, 0.3) is 0 Å². The Morgan fingerprint density at radius 3 is 2.72 bits per heavy atom. The molecule has 1 N–H and O–H groups in total. The van der Waals surface area contributed by atoms with Crippen molar-refractivity contribution in [2.45, 2.75) is 19.4 Å². The summed E-state index contributed by atoms with van der Waals surface area (Å²) < 4.78 is 0. The van der Waals surface area contributed by atoms with Crippen molar-refractivity contribution in [2.24, 2.45) is 0 Å². The summed E-state index contributed by atoms with van der Waals surface area (Å²) in [5.41, 5.74) is 1.07. The van der Waals surface area contributed by atoms with Crippen molar-refractivity contribution in [1.29, 1.82) is 0 Å². The van der Waals surface area contributed by atoms with Crippen LogP contribution in [-0.4, -0.2) is 12.6 Å².